The standard InChI is InChI=1S/C10H10O6S/c11-10(12)9(7-16-17(13,14)15)6-8-4-2-1-3-5-8/h1-6H,7H2,(H,11,12)(H,13,14,15)/b9-6-. The minimum Gasteiger partial charge on any atom is -0.478 e. The fraction of sp³-hybridized carbons (Fsp3) is 0.100. The molecule has 0 aliphatic heterocycles. The van der Waals surface area contributed by atoms with Crippen LogP contribution in [0.1, 0.15) is 5.56 Å². The number of carboxylic acids is 1. The van der Waals surface area contributed by atoms with E-state index >= 15 is 0 Å². The third-order valence-corrected chi connectivity index (χ3v) is 2.19. The first-order valence-electron chi connectivity index (χ1n) is 4.49. The maximum absolute atomic E-state index is 10.8. The molecule has 0 aromatic heterocycles. The smallest absolute Gasteiger partial charge is 0.397 e. The molecule has 6 nitrogen and oxygen atoms in total. The summed E-state index contributed by atoms with van der Waals surface area (Å²) in [6.45, 7) is -0.733. The van der Waals surface area contributed by atoms with E-state index in [-0.39, 0.29) is 5.57 Å². The van der Waals surface area contributed by atoms with Crippen LogP contribution in [-0.4, -0.2) is 30.7 Å². The van der Waals surface area contributed by atoms with Crippen LogP contribution in [0.3, 0.4) is 0 Å². The molecule has 0 spiro atoms. The van der Waals surface area contributed by atoms with Gasteiger partial charge in [-0.3, -0.25) is 4.55 Å². The number of carboxylic acid groups (broad SMARTS) is 1. The number of hydrogen-bond donors (Lipinski definition) is 2. The predicted octanol–water partition coefficient (Wildman–Crippen LogP) is 0.974. The van der Waals surface area contributed by atoms with Crippen LogP contribution in [0.4, 0.5) is 0 Å². The second kappa shape index (κ2) is 5.58. The van der Waals surface area contributed by atoms with Crippen molar-refractivity contribution >= 4 is 22.4 Å². The Bertz CT molecular complexity index is 517. The van der Waals surface area contributed by atoms with Gasteiger partial charge in [0.25, 0.3) is 0 Å². The average molecular weight is 258 g/mol. The highest BCUT2D eigenvalue weighted by Gasteiger charge is 2.12. The summed E-state index contributed by atoms with van der Waals surface area (Å²) in [7, 11) is -4.65. The van der Waals surface area contributed by atoms with Crippen molar-refractivity contribution in [3.8, 4) is 0 Å². The first kappa shape index (κ1) is 13.4. The second-order valence-electron chi connectivity index (χ2n) is 3.08. The highest BCUT2D eigenvalue weighted by molar-refractivity contribution is 7.80. The second-order valence-corrected chi connectivity index (χ2v) is 4.17. The molecule has 7 heteroatoms. The molecular weight excluding hydrogens is 248 g/mol. The van der Waals surface area contributed by atoms with Gasteiger partial charge in [-0.25, -0.2) is 8.98 Å². The highest BCUT2D eigenvalue weighted by Crippen LogP contribution is 2.08. The van der Waals surface area contributed by atoms with Gasteiger partial charge in [-0.1, -0.05) is 30.3 Å². The molecule has 0 aliphatic rings. The zero-order valence-electron chi connectivity index (χ0n) is 8.61. The average Bonchev–Trinajstić information content (AvgIpc) is 2.24. The topological polar surface area (TPSA) is 101 Å². The molecule has 1 rings (SSSR count). The van der Waals surface area contributed by atoms with Crippen molar-refractivity contribution in [3.05, 3.63) is 41.5 Å². The van der Waals surface area contributed by atoms with Crippen molar-refractivity contribution in [3.63, 3.8) is 0 Å². The molecule has 1 aromatic rings. The van der Waals surface area contributed by atoms with Gasteiger partial charge in [0.2, 0.25) is 0 Å². The summed E-state index contributed by atoms with van der Waals surface area (Å²) in [4.78, 5) is 10.8. The minimum atomic E-state index is -4.65. The van der Waals surface area contributed by atoms with E-state index in [1.165, 1.54) is 6.08 Å². The molecule has 92 valence electrons. The van der Waals surface area contributed by atoms with Crippen molar-refractivity contribution in [2.24, 2.45) is 0 Å². The lowest BCUT2D eigenvalue weighted by Gasteiger charge is -2.01. The molecule has 0 unspecified atom stereocenters. The van der Waals surface area contributed by atoms with Crippen LogP contribution in [0, 0.1) is 0 Å². The Balaban J connectivity index is 2.87. The first-order valence-corrected chi connectivity index (χ1v) is 5.86. The maximum atomic E-state index is 10.8. The van der Waals surface area contributed by atoms with Crippen LogP contribution < -0.4 is 0 Å². The summed E-state index contributed by atoms with van der Waals surface area (Å²) in [6.07, 6.45) is 1.26. The van der Waals surface area contributed by atoms with E-state index < -0.39 is 23.0 Å². The molecule has 0 bridgehead atoms. The predicted molar refractivity (Wildman–Crippen MR) is 59.6 cm³/mol. The lowest BCUT2D eigenvalue weighted by molar-refractivity contribution is -0.132. The molecule has 0 amide bonds. The largest absolute Gasteiger partial charge is 0.478 e. The molecule has 1 aromatic carbocycles. The molecule has 0 atom stereocenters. The SMILES string of the molecule is O=C(O)/C(=C\c1ccccc1)COS(=O)(=O)O. The van der Waals surface area contributed by atoms with Gasteiger partial charge in [-0.05, 0) is 11.6 Å². The molecule has 0 aliphatic carbocycles. The van der Waals surface area contributed by atoms with Crippen molar-refractivity contribution in [2.45, 2.75) is 0 Å². The van der Waals surface area contributed by atoms with Gasteiger partial charge in [-0.15, -0.1) is 0 Å². The summed E-state index contributed by atoms with van der Waals surface area (Å²) in [5.74, 6) is -1.32. The van der Waals surface area contributed by atoms with Crippen LogP contribution in [-0.2, 0) is 19.4 Å². The molecule has 0 fully saturated rings. The molecular formula is C10H10O6S. The lowest BCUT2D eigenvalue weighted by atomic mass is 10.1. The third kappa shape index (κ3) is 5.25. The molecule has 0 saturated heterocycles. The van der Waals surface area contributed by atoms with Crippen molar-refractivity contribution in [1.82, 2.24) is 0 Å². The van der Waals surface area contributed by atoms with E-state index in [0.717, 1.165) is 0 Å². The van der Waals surface area contributed by atoms with E-state index in [1.807, 2.05) is 0 Å². The van der Waals surface area contributed by atoms with E-state index in [1.54, 1.807) is 30.3 Å². The van der Waals surface area contributed by atoms with E-state index in [0.29, 0.717) is 5.56 Å². The summed E-state index contributed by atoms with van der Waals surface area (Å²) in [6, 6.07) is 8.46. The van der Waals surface area contributed by atoms with Crippen molar-refractivity contribution in [2.75, 3.05) is 6.61 Å². The van der Waals surface area contributed by atoms with Gasteiger partial charge in [-0.2, -0.15) is 8.42 Å². The number of hydrogen-bond acceptors (Lipinski definition) is 4. The fourth-order valence-electron chi connectivity index (χ4n) is 1.05. The first-order chi connectivity index (χ1) is 7.88. The molecule has 17 heavy (non-hydrogen) atoms. The lowest BCUT2D eigenvalue weighted by Crippen LogP contribution is -2.12. The number of carbonyl (C=O) groups is 1. The molecule has 2 N–H and O–H groups in total. The van der Waals surface area contributed by atoms with Crippen LogP contribution in [0.5, 0.6) is 0 Å². The summed E-state index contributed by atoms with van der Waals surface area (Å²) >= 11 is 0. The van der Waals surface area contributed by atoms with Gasteiger partial charge in [0.1, 0.15) is 6.61 Å². The Morgan fingerprint density at radius 1 is 1.29 bits per heavy atom. The monoisotopic (exact) mass is 258 g/mol. The maximum Gasteiger partial charge on any atom is 0.397 e. The van der Waals surface area contributed by atoms with Gasteiger partial charge < -0.3 is 5.11 Å². The normalized spacial score (nSPS) is 12.4. The number of aliphatic carboxylic acids is 1. The van der Waals surface area contributed by atoms with Gasteiger partial charge in [0.15, 0.2) is 0 Å². The Hall–Kier alpha value is -1.70. The van der Waals surface area contributed by atoms with Crippen LogP contribution in [0.15, 0.2) is 35.9 Å². The van der Waals surface area contributed by atoms with Gasteiger partial charge >= 0.3 is 16.4 Å². The van der Waals surface area contributed by atoms with Crippen LogP contribution in [0.25, 0.3) is 6.08 Å². The molecule has 0 saturated carbocycles. The quantitative estimate of drug-likeness (QED) is 0.603. The van der Waals surface area contributed by atoms with E-state index in [2.05, 4.69) is 4.18 Å². The van der Waals surface area contributed by atoms with Crippen molar-refractivity contribution < 1.29 is 27.1 Å². The van der Waals surface area contributed by atoms with Gasteiger partial charge in [0.05, 0.1) is 5.57 Å². The number of benzene rings is 1. The van der Waals surface area contributed by atoms with Crippen LogP contribution in [0.2, 0.25) is 0 Å². The Labute approximate surface area is 98.1 Å². The summed E-state index contributed by atoms with van der Waals surface area (Å²) in [5.41, 5.74) is 0.303. The number of rotatable bonds is 5. The fourth-order valence-corrected chi connectivity index (χ4v) is 1.33. The molecule has 0 radical (unpaired) electrons. The van der Waals surface area contributed by atoms with Crippen LogP contribution >= 0.6 is 0 Å². The molecule has 0 heterocycles. The Morgan fingerprint density at radius 2 is 1.88 bits per heavy atom. The van der Waals surface area contributed by atoms with E-state index in [4.69, 9.17) is 9.66 Å². The Morgan fingerprint density at radius 3 is 2.35 bits per heavy atom. The van der Waals surface area contributed by atoms with Gasteiger partial charge in [0, 0.05) is 0 Å². The summed E-state index contributed by atoms with van der Waals surface area (Å²) in [5, 5.41) is 8.81. The Kier molecular flexibility index (Phi) is 4.38. The summed E-state index contributed by atoms with van der Waals surface area (Å²) < 4.78 is 33.0. The third-order valence-electron chi connectivity index (χ3n) is 1.78. The minimum absolute atomic E-state index is 0.283. The highest BCUT2D eigenvalue weighted by atomic mass is 32.3. The zero-order chi connectivity index (χ0) is 12.9. The zero-order valence-corrected chi connectivity index (χ0v) is 9.42. The van der Waals surface area contributed by atoms with E-state index in [9.17, 15) is 13.2 Å². The van der Waals surface area contributed by atoms with Crippen molar-refractivity contribution in [1.29, 1.82) is 0 Å².